The minimum atomic E-state index is -0.981. The molecule has 0 saturated carbocycles. The maximum Gasteiger partial charge on any atom is 0.327 e. The first-order valence-electron chi connectivity index (χ1n) is 1.12. The van der Waals surface area contributed by atoms with Crippen molar-refractivity contribution in [2.75, 3.05) is 0 Å². The van der Waals surface area contributed by atoms with E-state index in [0.29, 0.717) is 0 Å². The summed E-state index contributed by atoms with van der Waals surface area (Å²) in [6.07, 6.45) is 0.833. The van der Waals surface area contributed by atoms with Gasteiger partial charge in [-0.3, -0.25) is 0 Å². The van der Waals surface area contributed by atoms with Crippen LogP contribution < -0.4 is 0 Å². The second-order valence-corrected chi connectivity index (χ2v) is 0.542. The van der Waals surface area contributed by atoms with Crippen LogP contribution in [0.25, 0.3) is 0 Å². The minimum absolute atomic E-state index is 0. The molecule has 0 atom stereocenters. The van der Waals surface area contributed by atoms with E-state index in [4.69, 9.17) is 5.11 Å². The molecule has 0 aromatic heterocycles. The predicted octanol–water partition coefficient (Wildman–Crippen LogP) is 0.257. The number of carboxylic acid groups (broad SMARTS) is 1. The summed E-state index contributed by atoms with van der Waals surface area (Å²) in [5, 5.41) is 7.60. The normalized spacial score (nSPS) is 5.33. The van der Waals surface area contributed by atoms with Crippen molar-refractivity contribution in [2.45, 2.75) is 0 Å². The van der Waals surface area contributed by atoms with Crippen molar-refractivity contribution in [3.63, 3.8) is 0 Å². The number of hydrogen-bond acceptors (Lipinski definition) is 1. The molecule has 0 fully saturated rings. The first kappa shape index (κ1) is 9.92. The van der Waals surface area contributed by atoms with Crippen molar-refractivity contribution in [3.8, 4) is 0 Å². The molecule has 0 aliphatic carbocycles. The van der Waals surface area contributed by atoms with Crippen molar-refractivity contribution in [2.24, 2.45) is 0 Å². The van der Waals surface area contributed by atoms with Gasteiger partial charge in [0.05, 0.1) is 0 Å². The van der Waals surface area contributed by atoms with E-state index < -0.39 is 5.97 Å². The van der Waals surface area contributed by atoms with Crippen LogP contribution in [0.3, 0.4) is 0 Å². The minimum Gasteiger partial charge on any atom is -0.478 e. The molecule has 6 heavy (non-hydrogen) atoms. The first-order chi connectivity index (χ1) is 2.27. The Balaban J connectivity index is 0. The van der Waals surface area contributed by atoms with E-state index in [-0.39, 0.29) is 49.4 Å². The molecule has 0 bridgehead atoms. The zero-order chi connectivity index (χ0) is 4.28. The molecule has 3 heteroatoms. The first-order valence-corrected chi connectivity index (χ1v) is 1.12. The molecule has 0 aromatic carbocycles. The van der Waals surface area contributed by atoms with E-state index in [2.05, 4.69) is 6.58 Å². The number of aliphatic carboxylic acids is 1. The Kier molecular flexibility index (Phi) is 9.58. The Morgan fingerprint density at radius 1 is 1.83 bits per heavy atom. The van der Waals surface area contributed by atoms with Gasteiger partial charge in [-0.05, 0) is 0 Å². The molecule has 0 aliphatic heterocycles. The van der Waals surface area contributed by atoms with Crippen molar-refractivity contribution in [1.82, 2.24) is 0 Å². The van der Waals surface area contributed by atoms with E-state index in [0.717, 1.165) is 6.08 Å². The Morgan fingerprint density at radius 3 is 2.00 bits per heavy atom. The summed E-state index contributed by atoms with van der Waals surface area (Å²) < 4.78 is 0. The van der Waals surface area contributed by atoms with Gasteiger partial charge in [0.15, 0.2) is 0 Å². The van der Waals surface area contributed by atoms with Gasteiger partial charge in [-0.25, -0.2) is 4.79 Å². The van der Waals surface area contributed by atoms with Crippen LogP contribution in [-0.2, 0) is 4.79 Å². The van der Waals surface area contributed by atoms with Crippen molar-refractivity contribution in [1.29, 1.82) is 0 Å². The molecular weight excluding hydrogens is 220 g/mol. The Morgan fingerprint density at radius 2 is 2.00 bits per heavy atom. The topological polar surface area (TPSA) is 37.3 Å². The van der Waals surface area contributed by atoms with Gasteiger partial charge in [-0.2, -0.15) is 0 Å². The second-order valence-electron chi connectivity index (χ2n) is 0.542. The summed E-state index contributed by atoms with van der Waals surface area (Å²) >= 11 is 0. The third kappa shape index (κ3) is 8.84. The number of rotatable bonds is 1. The molecule has 0 amide bonds. The summed E-state index contributed by atoms with van der Waals surface area (Å²) in [7, 11) is 0. The monoisotopic (exact) mass is 225 g/mol. The van der Waals surface area contributed by atoms with Gasteiger partial charge in [0.1, 0.15) is 0 Å². The average Bonchev–Trinajstić information content (AvgIpc) is 1.38. The molecule has 0 aromatic rings. The molecule has 1 radical (unpaired) electrons. The molecule has 35 valence electrons. The van der Waals surface area contributed by atoms with E-state index in [1.807, 2.05) is 0 Å². The Hall–Kier alpha value is 0.794. The van der Waals surface area contributed by atoms with E-state index in [9.17, 15) is 4.79 Å². The van der Waals surface area contributed by atoms with Crippen molar-refractivity contribution >= 4 is 5.97 Å². The van der Waals surface area contributed by atoms with Gasteiger partial charge in [0.25, 0.3) is 0 Å². The number of carboxylic acids is 1. The molecule has 0 unspecified atom stereocenters. The van der Waals surface area contributed by atoms with Gasteiger partial charge in [0.2, 0.25) is 0 Å². The van der Waals surface area contributed by atoms with Crippen LogP contribution in [0.15, 0.2) is 12.7 Å². The summed E-state index contributed by atoms with van der Waals surface area (Å²) in [5.41, 5.74) is 0. The standard InChI is InChI=1S/C3H4O2.Eu/c1-2-3(4)5;/h2H,1H2,(H,4,5);. The maximum atomic E-state index is 9.25. The smallest absolute Gasteiger partial charge is 0.327 e. The van der Waals surface area contributed by atoms with Gasteiger partial charge in [-0.15, -0.1) is 0 Å². The fourth-order valence-corrected chi connectivity index (χ4v) is 0. The third-order valence-electron chi connectivity index (χ3n) is 0.175. The van der Waals surface area contributed by atoms with Gasteiger partial charge in [0, 0.05) is 55.5 Å². The Bertz CT molecular complexity index is 59.8. The summed E-state index contributed by atoms with van der Waals surface area (Å²) in [6.45, 7) is 2.96. The van der Waals surface area contributed by atoms with E-state index in [1.165, 1.54) is 0 Å². The number of carbonyl (C=O) groups is 1. The third-order valence-corrected chi connectivity index (χ3v) is 0.175. The van der Waals surface area contributed by atoms with Crippen molar-refractivity contribution < 1.29 is 59.3 Å². The van der Waals surface area contributed by atoms with Crippen LogP contribution in [0.1, 0.15) is 0 Å². The molecule has 1 N–H and O–H groups in total. The van der Waals surface area contributed by atoms with Crippen LogP contribution in [0.4, 0.5) is 0 Å². The fourth-order valence-electron chi connectivity index (χ4n) is 0. The van der Waals surface area contributed by atoms with Crippen LogP contribution in [-0.4, -0.2) is 11.1 Å². The summed E-state index contributed by atoms with van der Waals surface area (Å²) in [5.74, 6) is -0.981. The summed E-state index contributed by atoms with van der Waals surface area (Å²) in [4.78, 5) is 9.25. The van der Waals surface area contributed by atoms with Crippen LogP contribution in [0.5, 0.6) is 0 Å². The SMILES string of the molecule is C=CC(=O)O.[Eu]. The van der Waals surface area contributed by atoms with Crippen LogP contribution in [0.2, 0.25) is 0 Å². The van der Waals surface area contributed by atoms with E-state index >= 15 is 0 Å². The second kappa shape index (κ2) is 5.79. The van der Waals surface area contributed by atoms with Gasteiger partial charge < -0.3 is 5.11 Å². The number of hydrogen-bond donors (Lipinski definition) is 1. The quantitative estimate of drug-likeness (QED) is 0.648. The Labute approximate surface area is 76.8 Å². The molecule has 0 rings (SSSR count). The molecule has 0 heterocycles. The van der Waals surface area contributed by atoms with Crippen LogP contribution >= 0.6 is 0 Å². The van der Waals surface area contributed by atoms with Gasteiger partial charge >= 0.3 is 5.97 Å². The van der Waals surface area contributed by atoms with E-state index in [1.54, 1.807) is 0 Å². The molecule has 0 aliphatic rings. The maximum absolute atomic E-state index is 9.25. The molecular formula is C3H4EuO2. The fraction of sp³-hybridized carbons (Fsp3) is 0. The molecule has 0 saturated heterocycles. The van der Waals surface area contributed by atoms with Crippen LogP contribution in [0, 0.1) is 49.4 Å². The molecule has 0 spiro atoms. The molecule has 2 nitrogen and oxygen atoms in total. The zero-order valence-corrected chi connectivity index (χ0v) is 5.44. The largest absolute Gasteiger partial charge is 0.478 e. The van der Waals surface area contributed by atoms with Gasteiger partial charge in [-0.1, -0.05) is 6.58 Å². The van der Waals surface area contributed by atoms with Crippen molar-refractivity contribution in [3.05, 3.63) is 12.7 Å². The zero-order valence-electron chi connectivity index (χ0n) is 3.02. The summed E-state index contributed by atoms with van der Waals surface area (Å²) in [6, 6.07) is 0. The average molecular weight is 224 g/mol. The predicted molar refractivity (Wildman–Crippen MR) is 17.8 cm³/mol.